The second-order valence-corrected chi connectivity index (χ2v) is 11.3. The van der Waals surface area contributed by atoms with Gasteiger partial charge in [0.2, 0.25) is 5.43 Å². The fourth-order valence-electron chi connectivity index (χ4n) is 6.07. The maximum absolute atomic E-state index is 15.4. The van der Waals surface area contributed by atoms with Crippen molar-refractivity contribution in [3.63, 3.8) is 0 Å². The van der Waals surface area contributed by atoms with Crippen molar-refractivity contribution in [1.29, 1.82) is 0 Å². The lowest BCUT2D eigenvalue weighted by molar-refractivity contribution is 0.0487. The summed E-state index contributed by atoms with van der Waals surface area (Å²) >= 11 is 1.71. The molecular weight excluding hydrogens is 477 g/mol. The minimum Gasteiger partial charge on any atom is -0.502 e. The molecule has 186 valence electrons. The first kappa shape index (κ1) is 23.2. The molecule has 3 N–H and O–H groups in total. The number of carbonyl (C=O) groups excluding carboxylic acids is 1. The predicted molar refractivity (Wildman–Crippen MR) is 137 cm³/mol. The minimum atomic E-state index is -0.641. The van der Waals surface area contributed by atoms with Crippen molar-refractivity contribution in [3.05, 3.63) is 93.2 Å². The number of fused-ring (bicyclic) bond motifs is 2. The van der Waals surface area contributed by atoms with Gasteiger partial charge in [-0.15, -0.1) is 11.8 Å². The van der Waals surface area contributed by atoms with Gasteiger partial charge in [0.1, 0.15) is 5.82 Å². The number of piperidine rings is 1. The summed E-state index contributed by atoms with van der Waals surface area (Å²) in [7, 11) is 0. The van der Waals surface area contributed by atoms with Crippen molar-refractivity contribution in [2.45, 2.75) is 54.7 Å². The molecule has 1 amide bonds. The van der Waals surface area contributed by atoms with E-state index in [2.05, 4.69) is 12.1 Å². The fraction of sp³-hybridized carbons (Fsp3) is 0.357. The Balaban J connectivity index is 1.43. The predicted octanol–water partition coefficient (Wildman–Crippen LogP) is 4.62. The molecule has 36 heavy (non-hydrogen) atoms. The molecule has 3 heterocycles. The molecule has 3 aromatic rings. The molecule has 1 saturated carbocycles. The smallest absolute Gasteiger partial charge is 0.276 e. The summed E-state index contributed by atoms with van der Waals surface area (Å²) < 4.78 is 16.4. The van der Waals surface area contributed by atoms with E-state index in [1.165, 1.54) is 12.3 Å². The summed E-state index contributed by atoms with van der Waals surface area (Å²) in [4.78, 5) is 28.7. The molecule has 1 aliphatic carbocycles. The molecule has 2 aromatic carbocycles. The van der Waals surface area contributed by atoms with Crippen LogP contribution >= 0.6 is 11.8 Å². The Labute approximate surface area is 212 Å². The maximum Gasteiger partial charge on any atom is 0.276 e. The molecule has 1 aromatic heterocycles. The Morgan fingerprint density at radius 3 is 2.75 bits per heavy atom. The van der Waals surface area contributed by atoms with Gasteiger partial charge in [-0.1, -0.05) is 30.3 Å². The maximum atomic E-state index is 15.4. The van der Waals surface area contributed by atoms with Crippen molar-refractivity contribution < 1.29 is 14.3 Å². The lowest BCUT2D eigenvalue weighted by Crippen LogP contribution is -2.48. The summed E-state index contributed by atoms with van der Waals surface area (Å²) in [6, 6.07) is 14.4. The number of rotatable bonds is 3. The molecular formula is C28H28FN3O3S. The highest BCUT2D eigenvalue weighted by Crippen LogP contribution is 2.57. The number of amides is 1. The summed E-state index contributed by atoms with van der Waals surface area (Å²) in [6.45, 7) is 0.513. The molecule has 6 rings (SSSR count). The van der Waals surface area contributed by atoms with Crippen LogP contribution in [0.2, 0.25) is 0 Å². The number of hydrogen-bond acceptors (Lipinski definition) is 5. The normalized spacial score (nSPS) is 22.0. The van der Waals surface area contributed by atoms with Crippen LogP contribution in [0.15, 0.2) is 64.4 Å². The van der Waals surface area contributed by atoms with Crippen molar-refractivity contribution in [1.82, 2.24) is 9.58 Å². The molecule has 8 heteroatoms. The third-order valence-electron chi connectivity index (χ3n) is 8.19. The van der Waals surface area contributed by atoms with Gasteiger partial charge in [0.25, 0.3) is 5.91 Å². The zero-order chi connectivity index (χ0) is 25.0. The van der Waals surface area contributed by atoms with E-state index in [9.17, 15) is 14.7 Å². The summed E-state index contributed by atoms with van der Waals surface area (Å²) in [5.41, 5.74) is 2.14. The molecule has 2 aliphatic heterocycles. The van der Waals surface area contributed by atoms with Crippen LogP contribution in [0.1, 0.15) is 65.2 Å². The van der Waals surface area contributed by atoms with E-state index in [0.29, 0.717) is 24.3 Å². The molecule has 1 spiro atoms. The first-order valence-corrected chi connectivity index (χ1v) is 13.4. The van der Waals surface area contributed by atoms with Gasteiger partial charge in [-0.05, 0) is 66.3 Å². The number of halogens is 1. The van der Waals surface area contributed by atoms with Gasteiger partial charge in [-0.3, -0.25) is 14.3 Å². The van der Waals surface area contributed by atoms with Crippen LogP contribution in [0.25, 0.3) is 0 Å². The van der Waals surface area contributed by atoms with E-state index in [1.54, 1.807) is 22.7 Å². The quantitative estimate of drug-likeness (QED) is 0.507. The van der Waals surface area contributed by atoms with Crippen molar-refractivity contribution in [2.24, 2.45) is 5.41 Å². The summed E-state index contributed by atoms with van der Waals surface area (Å²) in [6.07, 6.45) is 5.80. The summed E-state index contributed by atoms with van der Waals surface area (Å²) in [5.74, 6) is 5.13. The largest absolute Gasteiger partial charge is 0.502 e. The van der Waals surface area contributed by atoms with Crippen LogP contribution in [0.5, 0.6) is 5.75 Å². The molecule has 0 radical (unpaired) electrons. The number of nitrogen functional groups attached to an aromatic ring is 1. The van der Waals surface area contributed by atoms with Gasteiger partial charge in [-0.25, -0.2) is 4.39 Å². The van der Waals surface area contributed by atoms with Crippen LogP contribution in [-0.2, 0) is 5.75 Å². The molecule has 6 nitrogen and oxygen atoms in total. The molecule has 0 unspecified atom stereocenters. The van der Waals surface area contributed by atoms with Crippen LogP contribution in [0.4, 0.5) is 4.39 Å². The topological polar surface area (TPSA) is 88.6 Å². The zero-order valence-corrected chi connectivity index (χ0v) is 20.6. The average molecular weight is 506 g/mol. The van der Waals surface area contributed by atoms with Crippen molar-refractivity contribution in [2.75, 3.05) is 12.4 Å². The molecule has 1 saturated heterocycles. The summed E-state index contributed by atoms with van der Waals surface area (Å²) in [5, 5.41) is 10.4. The second-order valence-electron chi connectivity index (χ2n) is 10.3. The first-order chi connectivity index (χ1) is 17.4. The first-order valence-electron chi connectivity index (χ1n) is 12.4. The fourth-order valence-corrected chi connectivity index (χ4v) is 7.19. The Morgan fingerprint density at radius 1 is 1.14 bits per heavy atom. The number of pyridine rings is 1. The Kier molecular flexibility index (Phi) is 5.59. The van der Waals surface area contributed by atoms with Gasteiger partial charge in [0.15, 0.2) is 11.4 Å². The van der Waals surface area contributed by atoms with Gasteiger partial charge in [0, 0.05) is 41.4 Å². The number of hydrogen-bond donors (Lipinski definition) is 2. The minimum absolute atomic E-state index is 0.183. The lowest BCUT2D eigenvalue weighted by Gasteiger charge is -2.42. The van der Waals surface area contributed by atoms with E-state index in [4.69, 9.17) is 5.84 Å². The van der Waals surface area contributed by atoms with E-state index >= 15 is 4.39 Å². The Morgan fingerprint density at radius 2 is 1.94 bits per heavy atom. The van der Waals surface area contributed by atoms with E-state index in [-0.39, 0.29) is 28.9 Å². The monoisotopic (exact) mass is 505 g/mol. The third-order valence-corrected chi connectivity index (χ3v) is 9.33. The van der Waals surface area contributed by atoms with Crippen molar-refractivity contribution in [3.8, 4) is 5.75 Å². The number of benzene rings is 2. The van der Waals surface area contributed by atoms with E-state index < -0.39 is 17.1 Å². The van der Waals surface area contributed by atoms with E-state index in [1.807, 2.05) is 18.2 Å². The number of nitrogens with zero attached hydrogens (tertiary/aromatic N) is 2. The number of carbonyl (C=O) groups is 1. The Hall–Kier alpha value is -3.26. The molecule has 2 atom stereocenters. The standard InChI is InChI=1S/C28H28FN3O3S/c29-21-6-3-4-17-16-36-23-7-2-1-5-19(23)20(24(17)21)14-18-15-28(9-10-28)11-13-31(18)27(35)25-26(34)22(33)8-12-32(25)30/h1-8,12,18,20,34H,9-11,13-16,30H2/t18-,20-/m1/s1. The number of aromatic hydroxyl groups is 1. The molecule has 2 fully saturated rings. The van der Waals surface area contributed by atoms with Crippen LogP contribution in [-0.4, -0.2) is 33.2 Å². The van der Waals surface area contributed by atoms with Gasteiger partial charge in [0.05, 0.1) is 0 Å². The van der Waals surface area contributed by atoms with Gasteiger partial charge < -0.3 is 15.8 Å². The van der Waals surface area contributed by atoms with E-state index in [0.717, 1.165) is 52.4 Å². The van der Waals surface area contributed by atoms with Crippen molar-refractivity contribution >= 4 is 17.7 Å². The highest BCUT2D eigenvalue weighted by molar-refractivity contribution is 7.98. The number of nitrogens with two attached hydrogens (primary N) is 1. The number of likely N-dealkylation sites (tertiary alicyclic amines) is 1. The number of thioether (sulfide) groups is 1. The Bertz CT molecular complexity index is 1420. The second kappa shape index (κ2) is 8.69. The lowest BCUT2D eigenvalue weighted by atomic mass is 9.78. The highest BCUT2D eigenvalue weighted by Gasteiger charge is 2.50. The van der Waals surface area contributed by atoms with Gasteiger partial charge >= 0.3 is 0 Å². The SMILES string of the molecule is Nn1ccc(=O)c(O)c1C(=O)N1CCC2(CC2)C[C@H]1C[C@@H]1c2ccccc2SCc2cccc(F)c21. The average Bonchev–Trinajstić information content (AvgIpc) is 3.64. The van der Waals surface area contributed by atoms with Crippen LogP contribution in [0.3, 0.4) is 0 Å². The zero-order valence-electron chi connectivity index (χ0n) is 19.8. The highest BCUT2D eigenvalue weighted by atomic mass is 32.2. The van der Waals surface area contributed by atoms with Crippen LogP contribution < -0.4 is 11.3 Å². The van der Waals surface area contributed by atoms with Gasteiger partial charge in [-0.2, -0.15) is 0 Å². The van der Waals surface area contributed by atoms with Crippen LogP contribution in [0, 0.1) is 11.2 Å². The number of aromatic nitrogens is 1. The molecule has 0 bridgehead atoms. The third kappa shape index (κ3) is 3.88. The molecule has 3 aliphatic rings.